The summed E-state index contributed by atoms with van der Waals surface area (Å²) in [4.78, 5) is 19.3. The maximum Gasteiger partial charge on any atom is 0.239 e. The van der Waals surface area contributed by atoms with Crippen molar-refractivity contribution < 1.29 is 4.79 Å². The third-order valence-corrected chi connectivity index (χ3v) is 2.14. The van der Waals surface area contributed by atoms with E-state index in [1.54, 1.807) is 12.4 Å². The molecule has 0 saturated carbocycles. The Morgan fingerprint density at radius 1 is 1.44 bits per heavy atom. The van der Waals surface area contributed by atoms with Crippen LogP contribution in [0.1, 0.15) is 13.8 Å². The second-order valence-electron chi connectivity index (χ2n) is 3.78. The number of hydrogen-bond acceptors (Lipinski definition) is 4. The Kier molecular flexibility index (Phi) is 5.18. The molecule has 6 heteroatoms. The number of carbonyl (C=O) groups excluding carboxylic acids is 1. The maximum atomic E-state index is 11.3. The smallest absolute Gasteiger partial charge is 0.239 e. The van der Waals surface area contributed by atoms with Crippen molar-refractivity contribution in [1.29, 1.82) is 0 Å². The summed E-state index contributed by atoms with van der Waals surface area (Å²) in [6.45, 7) is 4.97. The van der Waals surface area contributed by atoms with Crippen molar-refractivity contribution in [2.45, 2.75) is 13.8 Å². The lowest BCUT2D eigenvalue weighted by Crippen LogP contribution is -2.32. The van der Waals surface area contributed by atoms with Crippen molar-refractivity contribution in [2.24, 2.45) is 5.92 Å². The van der Waals surface area contributed by atoms with Crippen molar-refractivity contribution in [1.82, 2.24) is 15.3 Å². The first-order valence-electron chi connectivity index (χ1n) is 5.06. The van der Waals surface area contributed by atoms with Crippen molar-refractivity contribution in [2.75, 3.05) is 18.4 Å². The number of nitrogens with zero attached hydrogens (tertiary/aromatic N) is 2. The molecule has 1 aromatic rings. The zero-order valence-corrected chi connectivity index (χ0v) is 10.9. The second-order valence-corrected chi connectivity index (χ2v) is 4.69. The van der Waals surface area contributed by atoms with E-state index in [0.29, 0.717) is 18.4 Å². The molecule has 0 unspecified atom stereocenters. The van der Waals surface area contributed by atoms with Crippen molar-refractivity contribution >= 4 is 27.8 Å². The summed E-state index contributed by atoms with van der Waals surface area (Å²) in [5, 5.41) is 5.64. The summed E-state index contributed by atoms with van der Waals surface area (Å²) >= 11 is 3.23. The van der Waals surface area contributed by atoms with Crippen LogP contribution in [-0.4, -0.2) is 29.0 Å². The van der Waals surface area contributed by atoms with Crippen LogP contribution in [0, 0.1) is 5.92 Å². The highest BCUT2D eigenvalue weighted by Crippen LogP contribution is 2.06. The molecule has 0 radical (unpaired) electrons. The predicted molar refractivity (Wildman–Crippen MR) is 66.1 cm³/mol. The largest absolute Gasteiger partial charge is 0.354 e. The van der Waals surface area contributed by atoms with E-state index in [2.05, 4.69) is 36.5 Å². The molecule has 0 aliphatic heterocycles. The highest BCUT2D eigenvalue weighted by atomic mass is 79.9. The molecule has 16 heavy (non-hydrogen) atoms. The van der Waals surface area contributed by atoms with Gasteiger partial charge in [0.1, 0.15) is 0 Å². The van der Waals surface area contributed by atoms with Crippen LogP contribution >= 0.6 is 15.9 Å². The number of carbonyl (C=O) groups is 1. The van der Waals surface area contributed by atoms with E-state index in [-0.39, 0.29) is 12.5 Å². The van der Waals surface area contributed by atoms with Gasteiger partial charge in [-0.15, -0.1) is 0 Å². The number of nitrogens with one attached hydrogen (secondary N) is 2. The zero-order valence-electron chi connectivity index (χ0n) is 9.33. The summed E-state index contributed by atoms with van der Waals surface area (Å²) in [5.41, 5.74) is 0. The molecule has 5 nitrogen and oxygen atoms in total. The zero-order chi connectivity index (χ0) is 12.0. The highest BCUT2D eigenvalue weighted by molar-refractivity contribution is 9.10. The molecule has 0 saturated heterocycles. The average molecular weight is 287 g/mol. The Labute approximate surface area is 103 Å². The van der Waals surface area contributed by atoms with Crippen LogP contribution in [0.2, 0.25) is 0 Å². The van der Waals surface area contributed by atoms with E-state index >= 15 is 0 Å². The lowest BCUT2D eigenvalue weighted by atomic mass is 10.2. The number of aromatic nitrogens is 2. The van der Waals surface area contributed by atoms with Gasteiger partial charge in [-0.3, -0.25) is 4.79 Å². The standard InChI is InChI=1S/C10H15BrN4O/c1-7(2)3-12-9(16)6-15-10-13-4-8(11)5-14-10/h4-5,7H,3,6H2,1-2H3,(H,12,16)(H,13,14,15). The molecule has 88 valence electrons. The minimum Gasteiger partial charge on any atom is -0.354 e. The van der Waals surface area contributed by atoms with Gasteiger partial charge < -0.3 is 10.6 Å². The molecule has 1 rings (SSSR count). The molecule has 0 aliphatic rings. The van der Waals surface area contributed by atoms with Gasteiger partial charge in [0, 0.05) is 18.9 Å². The van der Waals surface area contributed by atoms with Crippen LogP contribution in [0.15, 0.2) is 16.9 Å². The molecular formula is C10H15BrN4O. The fraction of sp³-hybridized carbons (Fsp3) is 0.500. The Morgan fingerprint density at radius 3 is 2.62 bits per heavy atom. The Morgan fingerprint density at radius 2 is 2.06 bits per heavy atom. The number of amides is 1. The van der Waals surface area contributed by atoms with Gasteiger partial charge in [0.15, 0.2) is 0 Å². The molecule has 0 aliphatic carbocycles. The van der Waals surface area contributed by atoms with E-state index in [9.17, 15) is 4.79 Å². The highest BCUT2D eigenvalue weighted by Gasteiger charge is 2.02. The summed E-state index contributed by atoms with van der Waals surface area (Å²) in [6, 6.07) is 0. The Balaban J connectivity index is 2.29. The quantitative estimate of drug-likeness (QED) is 0.859. The topological polar surface area (TPSA) is 66.9 Å². The monoisotopic (exact) mass is 286 g/mol. The first-order chi connectivity index (χ1) is 7.58. The second kappa shape index (κ2) is 6.42. The molecule has 1 aromatic heterocycles. The minimum absolute atomic E-state index is 0.0554. The van der Waals surface area contributed by atoms with Crippen molar-refractivity contribution in [3.8, 4) is 0 Å². The fourth-order valence-electron chi connectivity index (χ4n) is 0.943. The third-order valence-electron chi connectivity index (χ3n) is 1.73. The first-order valence-corrected chi connectivity index (χ1v) is 5.85. The molecule has 0 fully saturated rings. The molecular weight excluding hydrogens is 272 g/mol. The van der Waals surface area contributed by atoms with Crippen molar-refractivity contribution in [3.63, 3.8) is 0 Å². The van der Waals surface area contributed by atoms with Crippen LogP contribution in [-0.2, 0) is 4.79 Å². The van der Waals surface area contributed by atoms with Crippen LogP contribution < -0.4 is 10.6 Å². The van der Waals surface area contributed by atoms with E-state index < -0.39 is 0 Å². The van der Waals surface area contributed by atoms with E-state index in [4.69, 9.17) is 0 Å². The van der Waals surface area contributed by atoms with Gasteiger partial charge in [-0.25, -0.2) is 9.97 Å². The lowest BCUT2D eigenvalue weighted by molar-refractivity contribution is -0.119. The fourth-order valence-corrected chi connectivity index (χ4v) is 1.15. The average Bonchev–Trinajstić information content (AvgIpc) is 2.25. The number of halogens is 1. The molecule has 1 amide bonds. The van der Waals surface area contributed by atoms with Crippen LogP contribution in [0.4, 0.5) is 5.95 Å². The molecule has 0 bridgehead atoms. The summed E-state index contributed by atoms with van der Waals surface area (Å²) in [6.07, 6.45) is 3.25. The van der Waals surface area contributed by atoms with Gasteiger partial charge in [-0.1, -0.05) is 13.8 Å². The third kappa shape index (κ3) is 5.06. The van der Waals surface area contributed by atoms with E-state index in [1.807, 2.05) is 13.8 Å². The van der Waals surface area contributed by atoms with Gasteiger partial charge in [0.25, 0.3) is 0 Å². The molecule has 1 heterocycles. The molecule has 2 N–H and O–H groups in total. The number of anilines is 1. The predicted octanol–water partition coefficient (Wildman–Crippen LogP) is 1.42. The number of hydrogen-bond donors (Lipinski definition) is 2. The van der Waals surface area contributed by atoms with Crippen LogP contribution in [0.5, 0.6) is 0 Å². The maximum absolute atomic E-state index is 11.3. The normalized spacial score (nSPS) is 10.2. The Bertz CT molecular complexity index is 339. The summed E-state index contributed by atoms with van der Waals surface area (Å²) < 4.78 is 0.808. The number of rotatable bonds is 5. The molecule has 0 atom stereocenters. The van der Waals surface area contributed by atoms with Crippen molar-refractivity contribution in [3.05, 3.63) is 16.9 Å². The summed E-state index contributed by atoms with van der Waals surface area (Å²) in [5.74, 6) is 0.844. The van der Waals surface area contributed by atoms with Crippen LogP contribution in [0.3, 0.4) is 0 Å². The molecule has 0 spiro atoms. The van der Waals surface area contributed by atoms with Gasteiger partial charge >= 0.3 is 0 Å². The van der Waals surface area contributed by atoms with Gasteiger partial charge in [-0.05, 0) is 21.8 Å². The minimum atomic E-state index is -0.0554. The van der Waals surface area contributed by atoms with Gasteiger partial charge in [-0.2, -0.15) is 0 Å². The van der Waals surface area contributed by atoms with E-state index in [0.717, 1.165) is 4.47 Å². The van der Waals surface area contributed by atoms with Crippen LogP contribution in [0.25, 0.3) is 0 Å². The molecule has 0 aromatic carbocycles. The lowest BCUT2D eigenvalue weighted by Gasteiger charge is -2.08. The summed E-state index contributed by atoms with van der Waals surface area (Å²) in [7, 11) is 0. The van der Waals surface area contributed by atoms with E-state index in [1.165, 1.54) is 0 Å². The van der Waals surface area contributed by atoms with Gasteiger partial charge in [0.05, 0.1) is 11.0 Å². The Hall–Kier alpha value is -1.17. The SMILES string of the molecule is CC(C)CNC(=O)CNc1ncc(Br)cn1. The first kappa shape index (κ1) is 12.9. The van der Waals surface area contributed by atoms with Gasteiger partial charge in [0.2, 0.25) is 11.9 Å².